The number of aryl methyl sites for hydroxylation is 1. The van der Waals surface area contributed by atoms with Crippen LogP contribution in [0.1, 0.15) is 36.8 Å². The topological polar surface area (TPSA) is 32.7 Å². The molecule has 94 valence electrons. The Morgan fingerprint density at radius 3 is 2.94 bits per heavy atom. The standard InChI is InChI=1S/C15H18N2O/c1-11-6-2-3-7-12(11)10-17-15(18)13-8-4-5-9-14(13)16-17/h2-3,6-7,13H,4-5,8-10H2,1H3. The Bertz CT molecular complexity index is 507. The zero-order valence-electron chi connectivity index (χ0n) is 10.7. The van der Waals surface area contributed by atoms with Crippen molar-refractivity contribution in [2.24, 2.45) is 11.0 Å². The van der Waals surface area contributed by atoms with Gasteiger partial charge in [0.15, 0.2) is 0 Å². The van der Waals surface area contributed by atoms with Gasteiger partial charge in [-0.05, 0) is 37.3 Å². The van der Waals surface area contributed by atoms with Crippen molar-refractivity contribution in [2.75, 3.05) is 0 Å². The maximum atomic E-state index is 12.3. The van der Waals surface area contributed by atoms with E-state index in [4.69, 9.17) is 0 Å². The lowest BCUT2D eigenvalue weighted by atomic mass is 9.87. The lowest BCUT2D eigenvalue weighted by Gasteiger charge is -2.17. The number of nitrogens with zero attached hydrogens (tertiary/aromatic N) is 2. The monoisotopic (exact) mass is 242 g/mol. The van der Waals surface area contributed by atoms with Crippen molar-refractivity contribution in [1.82, 2.24) is 5.01 Å². The highest BCUT2D eigenvalue weighted by Gasteiger charge is 2.36. The molecule has 1 fully saturated rings. The van der Waals surface area contributed by atoms with Crippen LogP contribution in [0.15, 0.2) is 29.4 Å². The second-order valence-electron chi connectivity index (χ2n) is 5.21. The second kappa shape index (κ2) is 4.56. The van der Waals surface area contributed by atoms with Crippen LogP contribution in [0.4, 0.5) is 0 Å². The number of amides is 1. The molecule has 1 amide bonds. The molecule has 3 nitrogen and oxygen atoms in total. The Kier molecular flexibility index (Phi) is 2.90. The third-order valence-corrected chi connectivity index (χ3v) is 3.96. The molecular formula is C15H18N2O. The van der Waals surface area contributed by atoms with Gasteiger partial charge >= 0.3 is 0 Å². The van der Waals surface area contributed by atoms with Gasteiger partial charge < -0.3 is 0 Å². The van der Waals surface area contributed by atoms with Crippen LogP contribution in [0.5, 0.6) is 0 Å². The first-order valence-corrected chi connectivity index (χ1v) is 6.69. The van der Waals surface area contributed by atoms with Gasteiger partial charge in [0, 0.05) is 0 Å². The van der Waals surface area contributed by atoms with Crippen LogP contribution in [-0.4, -0.2) is 16.6 Å². The molecule has 1 heterocycles. The van der Waals surface area contributed by atoms with Crippen molar-refractivity contribution in [3.8, 4) is 0 Å². The number of hydrazone groups is 1. The van der Waals surface area contributed by atoms with Gasteiger partial charge in [-0.25, -0.2) is 5.01 Å². The Morgan fingerprint density at radius 1 is 1.33 bits per heavy atom. The maximum absolute atomic E-state index is 12.3. The quantitative estimate of drug-likeness (QED) is 0.785. The minimum Gasteiger partial charge on any atom is -0.272 e. The van der Waals surface area contributed by atoms with E-state index in [1.54, 1.807) is 5.01 Å². The summed E-state index contributed by atoms with van der Waals surface area (Å²) in [6.07, 6.45) is 4.33. The van der Waals surface area contributed by atoms with E-state index < -0.39 is 0 Å². The minimum absolute atomic E-state index is 0.0859. The van der Waals surface area contributed by atoms with Gasteiger partial charge in [0.1, 0.15) is 0 Å². The van der Waals surface area contributed by atoms with Gasteiger partial charge in [-0.15, -0.1) is 0 Å². The normalized spacial score (nSPS) is 22.9. The minimum atomic E-state index is 0.0859. The van der Waals surface area contributed by atoms with Crippen LogP contribution in [0.3, 0.4) is 0 Å². The largest absolute Gasteiger partial charge is 0.272 e. The molecule has 2 aliphatic rings. The molecular weight excluding hydrogens is 224 g/mol. The average Bonchev–Trinajstić information content (AvgIpc) is 2.70. The smallest absolute Gasteiger partial charge is 0.251 e. The highest BCUT2D eigenvalue weighted by molar-refractivity contribution is 6.08. The van der Waals surface area contributed by atoms with Crippen LogP contribution in [0.2, 0.25) is 0 Å². The third-order valence-electron chi connectivity index (χ3n) is 3.96. The summed E-state index contributed by atoms with van der Waals surface area (Å²) in [5, 5.41) is 6.20. The number of hydrogen-bond donors (Lipinski definition) is 0. The fourth-order valence-corrected chi connectivity index (χ4v) is 2.83. The molecule has 1 aromatic carbocycles. The van der Waals surface area contributed by atoms with E-state index in [0.717, 1.165) is 25.0 Å². The van der Waals surface area contributed by atoms with Crippen molar-refractivity contribution in [3.63, 3.8) is 0 Å². The van der Waals surface area contributed by atoms with Gasteiger partial charge in [0.25, 0.3) is 5.91 Å². The van der Waals surface area contributed by atoms with Gasteiger partial charge in [-0.3, -0.25) is 4.79 Å². The third kappa shape index (κ3) is 1.94. The molecule has 1 atom stereocenters. The summed E-state index contributed by atoms with van der Waals surface area (Å²) in [5.74, 6) is 0.288. The molecule has 3 rings (SSSR count). The number of rotatable bonds is 2. The number of carbonyl (C=O) groups is 1. The van der Waals surface area contributed by atoms with E-state index in [9.17, 15) is 4.79 Å². The Hall–Kier alpha value is -1.64. The van der Waals surface area contributed by atoms with Crippen molar-refractivity contribution in [3.05, 3.63) is 35.4 Å². The van der Waals surface area contributed by atoms with E-state index in [1.165, 1.54) is 17.5 Å². The van der Waals surface area contributed by atoms with Crippen molar-refractivity contribution >= 4 is 11.6 Å². The van der Waals surface area contributed by atoms with Gasteiger partial charge in [0.05, 0.1) is 18.2 Å². The van der Waals surface area contributed by atoms with Crippen LogP contribution in [0, 0.1) is 12.8 Å². The SMILES string of the molecule is Cc1ccccc1CN1N=C2CCCCC2C1=O. The van der Waals surface area contributed by atoms with E-state index in [-0.39, 0.29) is 11.8 Å². The summed E-state index contributed by atoms with van der Waals surface area (Å²) in [6, 6.07) is 8.19. The van der Waals surface area contributed by atoms with E-state index in [1.807, 2.05) is 12.1 Å². The number of fused-ring (bicyclic) bond motifs is 1. The zero-order chi connectivity index (χ0) is 12.5. The summed E-state index contributed by atoms with van der Waals surface area (Å²) in [4.78, 5) is 12.3. The summed E-state index contributed by atoms with van der Waals surface area (Å²) in [5.41, 5.74) is 3.52. The molecule has 3 heteroatoms. The molecule has 1 aromatic rings. The highest BCUT2D eigenvalue weighted by Crippen LogP contribution is 2.30. The van der Waals surface area contributed by atoms with E-state index >= 15 is 0 Å². The maximum Gasteiger partial charge on any atom is 0.251 e. The first-order valence-electron chi connectivity index (χ1n) is 6.69. The predicted molar refractivity (Wildman–Crippen MR) is 71.1 cm³/mol. The summed E-state index contributed by atoms with van der Waals surface area (Å²) >= 11 is 0. The Morgan fingerprint density at radius 2 is 2.17 bits per heavy atom. The molecule has 0 radical (unpaired) electrons. The Balaban J connectivity index is 1.80. The first-order chi connectivity index (χ1) is 8.75. The lowest BCUT2D eigenvalue weighted by Crippen LogP contribution is -2.28. The molecule has 1 saturated carbocycles. The number of carbonyl (C=O) groups excluding carboxylic acids is 1. The van der Waals surface area contributed by atoms with E-state index in [0.29, 0.717) is 6.54 Å². The molecule has 0 spiro atoms. The molecule has 0 saturated heterocycles. The van der Waals surface area contributed by atoms with Crippen LogP contribution in [-0.2, 0) is 11.3 Å². The van der Waals surface area contributed by atoms with Crippen LogP contribution >= 0.6 is 0 Å². The van der Waals surface area contributed by atoms with Gasteiger partial charge in [-0.2, -0.15) is 5.10 Å². The fourth-order valence-electron chi connectivity index (χ4n) is 2.83. The lowest BCUT2D eigenvalue weighted by molar-refractivity contribution is -0.132. The molecule has 1 unspecified atom stereocenters. The van der Waals surface area contributed by atoms with Gasteiger partial charge in [-0.1, -0.05) is 30.7 Å². The van der Waals surface area contributed by atoms with Crippen molar-refractivity contribution < 1.29 is 4.79 Å². The average molecular weight is 242 g/mol. The summed E-state index contributed by atoms with van der Waals surface area (Å²) in [6.45, 7) is 2.70. The molecule has 18 heavy (non-hydrogen) atoms. The molecule has 1 aliphatic heterocycles. The molecule has 1 aliphatic carbocycles. The number of benzene rings is 1. The molecule has 0 N–H and O–H groups in total. The highest BCUT2D eigenvalue weighted by atomic mass is 16.2. The van der Waals surface area contributed by atoms with Crippen molar-refractivity contribution in [2.45, 2.75) is 39.2 Å². The van der Waals surface area contributed by atoms with Crippen molar-refractivity contribution in [1.29, 1.82) is 0 Å². The first kappa shape index (κ1) is 11.5. The number of hydrogen-bond acceptors (Lipinski definition) is 2. The molecule has 0 bridgehead atoms. The molecule has 0 aromatic heterocycles. The van der Waals surface area contributed by atoms with Gasteiger partial charge in [0.2, 0.25) is 0 Å². The zero-order valence-corrected chi connectivity index (χ0v) is 10.7. The summed E-state index contributed by atoms with van der Waals surface area (Å²) in [7, 11) is 0. The summed E-state index contributed by atoms with van der Waals surface area (Å²) < 4.78 is 0. The van der Waals surface area contributed by atoms with Crippen LogP contribution in [0.25, 0.3) is 0 Å². The second-order valence-corrected chi connectivity index (χ2v) is 5.21. The Labute approximate surface area is 107 Å². The van der Waals surface area contributed by atoms with Crippen LogP contribution < -0.4 is 0 Å². The fraction of sp³-hybridized carbons (Fsp3) is 0.467. The van der Waals surface area contributed by atoms with E-state index in [2.05, 4.69) is 24.2 Å². The predicted octanol–water partition coefficient (Wildman–Crippen LogP) is 2.88.